The van der Waals surface area contributed by atoms with E-state index in [1.54, 1.807) is 12.1 Å². The van der Waals surface area contributed by atoms with E-state index in [4.69, 9.17) is 21.4 Å². The van der Waals surface area contributed by atoms with E-state index in [0.717, 1.165) is 5.56 Å². The number of carboxylic acid groups (broad SMARTS) is 1. The van der Waals surface area contributed by atoms with E-state index >= 15 is 0 Å². The lowest BCUT2D eigenvalue weighted by molar-refractivity contribution is -0.133. The van der Waals surface area contributed by atoms with Gasteiger partial charge in [0.1, 0.15) is 5.03 Å². The van der Waals surface area contributed by atoms with Gasteiger partial charge in [-0.05, 0) is 13.8 Å². The molecule has 19 heavy (non-hydrogen) atoms. The Balaban J connectivity index is 2.45. The Hall–Kier alpha value is -2.07. The molecule has 1 aliphatic rings. The van der Waals surface area contributed by atoms with E-state index < -0.39 is 11.8 Å². The summed E-state index contributed by atoms with van der Waals surface area (Å²) in [7, 11) is 0. The molecule has 0 atom stereocenters. The smallest absolute Gasteiger partial charge is 0.335 e. The first kappa shape index (κ1) is 13.4. The standard InChI is InChI=1S/C14H11ClO4/c1-7-3-5-9(6-4-7)13-10(15)11(16)12(19-13)8(2)14(17)18/h3-6H,1-2H3,(H,17,18). The monoisotopic (exact) mass is 278 g/mol. The van der Waals surface area contributed by atoms with Gasteiger partial charge in [0.2, 0.25) is 5.78 Å². The van der Waals surface area contributed by atoms with Gasteiger partial charge in [-0.2, -0.15) is 0 Å². The number of aliphatic carboxylic acids is 1. The Kier molecular flexibility index (Phi) is 3.44. The lowest BCUT2D eigenvalue weighted by Crippen LogP contribution is -2.06. The van der Waals surface area contributed by atoms with Crippen LogP contribution in [0.4, 0.5) is 0 Å². The molecule has 1 aliphatic heterocycles. The van der Waals surface area contributed by atoms with Gasteiger partial charge in [0.05, 0.1) is 5.57 Å². The molecule has 0 aromatic heterocycles. The van der Waals surface area contributed by atoms with Crippen LogP contribution in [-0.4, -0.2) is 16.9 Å². The number of carbonyl (C=O) groups is 2. The fourth-order valence-electron chi connectivity index (χ4n) is 1.63. The molecular weight excluding hydrogens is 268 g/mol. The molecular formula is C14H11ClO4. The third kappa shape index (κ3) is 2.39. The molecule has 0 spiro atoms. The zero-order valence-corrected chi connectivity index (χ0v) is 11.1. The number of aryl methyl sites for hydroxylation is 1. The van der Waals surface area contributed by atoms with Crippen molar-refractivity contribution in [3.8, 4) is 0 Å². The van der Waals surface area contributed by atoms with Crippen LogP contribution in [-0.2, 0) is 14.3 Å². The molecule has 0 unspecified atom stereocenters. The molecule has 0 aliphatic carbocycles. The fourth-order valence-corrected chi connectivity index (χ4v) is 1.86. The van der Waals surface area contributed by atoms with Crippen LogP contribution in [0.2, 0.25) is 0 Å². The Bertz CT molecular complexity index is 623. The number of hydrogen-bond acceptors (Lipinski definition) is 3. The molecule has 5 heteroatoms. The van der Waals surface area contributed by atoms with Gasteiger partial charge in [0.25, 0.3) is 0 Å². The van der Waals surface area contributed by atoms with Crippen LogP contribution in [0.15, 0.2) is 40.6 Å². The summed E-state index contributed by atoms with van der Waals surface area (Å²) in [6.45, 7) is 3.23. The Morgan fingerprint density at radius 1 is 1.26 bits per heavy atom. The molecule has 4 nitrogen and oxygen atoms in total. The molecule has 2 rings (SSSR count). The van der Waals surface area contributed by atoms with Crippen molar-refractivity contribution >= 4 is 29.1 Å². The summed E-state index contributed by atoms with van der Waals surface area (Å²) >= 11 is 5.92. The molecule has 98 valence electrons. The summed E-state index contributed by atoms with van der Waals surface area (Å²) in [5, 5.41) is 8.79. The fraction of sp³-hybridized carbons (Fsp3) is 0.143. The molecule has 1 aromatic rings. The molecule has 0 radical (unpaired) electrons. The van der Waals surface area contributed by atoms with E-state index in [-0.39, 0.29) is 22.1 Å². The second-order valence-corrected chi connectivity index (χ2v) is 4.58. The van der Waals surface area contributed by atoms with Crippen molar-refractivity contribution in [3.63, 3.8) is 0 Å². The number of Topliss-reactive ketones (excluding diaryl/α,β-unsaturated/α-hetero) is 1. The predicted octanol–water partition coefficient (Wildman–Crippen LogP) is 2.86. The summed E-state index contributed by atoms with van der Waals surface area (Å²) in [6, 6.07) is 7.23. The first-order valence-electron chi connectivity index (χ1n) is 5.55. The van der Waals surface area contributed by atoms with Gasteiger partial charge >= 0.3 is 5.97 Å². The quantitative estimate of drug-likeness (QED) is 0.845. The molecule has 0 saturated heterocycles. The maximum absolute atomic E-state index is 11.9. The third-order valence-electron chi connectivity index (χ3n) is 2.78. The Morgan fingerprint density at radius 3 is 2.37 bits per heavy atom. The van der Waals surface area contributed by atoms with E-state index in [2.05, 4.69) is 0 Å². The highest BCUT2D eigenvalue weighted by Gasteiger charge is 2.33. The van der Waals surface area contributed by atoms with Crippen molar-refractivity contribution in [3.05, 3.63) is 51.8 Å². The number of ether oxygens (including phenoxy) is 1. The Labute approximate surface area is 114 Å². The van der Waals surface area contributed by atoms with Gasteiger partial charge in [-0.3, -0.25) is 4.79 Å². The van der Waals surface area contributed by atoms with E-state index in [1.165, 1.54) is 6.92 Å². The van der Waals surface area contributed by atoms with Gasteiger partial charge in [-0.15, -0.1) is 0 Å². The lowest BCUT2D eigenvalue weighted by atomic mass is 10.1. The van der Waals surface area contributed by atoms with Crippen molar-refractivity contribution in [2.24, 2.45) is 0 Å². The van der Waals surface area contributed by atoms with Gasteiger partial charge < -0.3 is 9.84 Å². The molecule has 1 N–H and O–H groups in total. The minimum Gasteiger partial charge on any atom is -0.478 e. The molecule has 1 aromatic carbocycles. The minimum atomic E-state index is -1.21. The van der Waals surface area contributed by atoms with E-state index in [0.29, 0.717) is 5.56 Å². The lowest BCUT2D eigenvalue weighted by Gasteiger charge is -2.05. The zero-order chi connectivity index (χ0) is 14.2. The number of rotatable bonds is 2. The van der Waals surface area contributed by atoms with Gasteiger partial charge in [-0.25, -0.2) is 4.79 Å². The second kappa shape index (κ2) is 4.90. The van der Waals surface area contributed by atoms with Crippen LogP contribution in [0.5, 0.6) is 0 Å². The van der Waals surface area contributed by atoms with Crippen molar-refractivity contribution in [1.82, 2.24) is 0 Å². The highest BCUT2D eigenvalue weighted by molar-refractivity contribution is 6.49. The molecule has 0 saturated carbocycles. The van der Waals surface area contributed by atoms with Gasteiger partial charge in [0, 0.05) is 5.56 Å². The predicted molar refractivity (Wildman–Crippen MR) is 70.4 cm³/mol. The third-order valence-corrected chi connectivity index (χ3v) is 3.13. The van der Waals surface area contributed by atoms with E-state index in [1.807, 2.05) is 19.1 Å². The Morgan fingerprint density at radius 2 is 1.84 bits per heavy atom. The number of carbonyl (C=O) groups excluding carboxylic acids is 1. The summed E-state index contributed by atoms with van der Waals surface area (Å²) in [6.07, 6.45) is 0. The normalized spacial score (nSPS) is 17.5. The highest BCUT2D eigenvalue weighted by Crippen LogP contribution is 2.35. The molecule has 0 amide bonds. The van der Waals surface area contributed by atoms with Crippen LogP contribution in [0.1, 0.15) is 18.1 Å². The van der Waals surface area contributed by atoms with Crippen molar-refractivity contribution in [1.29, 1.82) is 0 Å². The summed E-state index contributed by atoms with van der Waals surface area (Å²) in [5.74, 6) is -1.84. The SMILES string of the molecule is CC(C(=O)O)=C1OC(c2ccc(C)cc2)=C(Cl)C1=O. The minimum absolute atomic E-state index is 0.0977. The van der Waals surface area contributed by atoms with Gasteiger partial charge in [0.15, 0.2) is 11.5 Å². The van der Waals surface area contributed by atoms with Crippen LogP contribution < -0.4 is 0 Å². The van der Waals surface area contributed by atoms with Crippen molar-refractivity contribution in [2.75, 3.05) is 0 Å². The summed E-state index contributed by atoms with van der Waals surface area (Å²) in [5.41, 5.74) is 1.53. The number of hydrogen-bond donors (Lipinski definition) is 1. The molecule has 1 heterocycles. The topological polar surface area (TPSA) is 63.6 Å². The van der Waals surface area contributed by atoms with Crippen LogP contribution in [0, 0.1) is 6.92 Å². The summed E-state index contributed by atoms with van der Waals surface area (Å²) < 4.78 is 5.33. The number of carboxylic acids is 1. The van der Waals surface area contributed by atoms with Gasteiger partial charge in [-0.1, -0.05) is 41.4 Å². The number of ketones is 1. The molecule has 0 bridgehead atoms. The summed E-state index contributed by atoms with van der Waals surface area (Å²) in [4.78, 5) is 22.7. The van der Waals surface area contributed by atoms with E-state index in [9.17, 15) is 9.59 Å². The first-order chi connectivity index (χ1) is 8.91. The maximum Gasteiger partial charge on any atom is 0.335 e. The largest absolute Gasteiger partial charge is 0.478 e. The van der Waals surface area contributed by atoms with Crippen LogP contribution in [0.3, 0.4) is 0 Å². The second-order valence-electron chi connectivity index (χ2n) is 4.20. The number of allylic oxidation sites excluding steroid dienone is 1. The average molecular weight is 279 g/mol. The zero-order valence-electron chi connectivity index (χ0n) is 10.4. The molecule has 0 fully saturated rings. The van der Waals surface area contributed by atoms with Crippen molar-refractivity contribution < 1.29 is 19.4 Å². The number of halogens is 1. The first-order valence-corrected chi connectivity index (χ1v) is 5.93. The highest BCUT2D eigenvalue weighted by atomic mass is 35.5. The van der Waals surface area contributed by atoms with Crippen LogP contribution in [0.25, 0.3) is 5.76 Å². The maximum atomic E-state index is 11.9. The van der Waals surface area contributed by atoms with Crippen molar-refractivity contribution in [2.45, 2.75) is 13.8 Å². The van der Waals surface area contributed by atoms with Crippen LogP contribution >= 0.6 is 11.6 Å². The number of benzene rings is 1. The average Bonchev–Trinajstić information content (AvgIpc) is 2.67.